The molecule has 2 aliphatic heterocycles. The van der Waals surface area contributed by atoms with E-state index in [1.54, 1.807) is 0 Å². The zero-order valence-corrected chi connectivity index (χ0v) is 9.12. The van der Waals surface area contributed by atoms with Gasteiger partial charge in [-0.2, -0.15) is 0 Å². The fourth-order valence-corrected chi connectivity index (χ4v) is 1.84. The Bertz CT molecular complexity index is 129. The van der Waals surface area contributed by atoms with E-state index in [2.05, 4.69) is 16.8 Å². The highest BCUT2D eigenvalue weighted by atomic mass is 16.5. The Hall–Kier alpha value is -0.120. The van der Waals surface area contributed by atoms with Crippen molar-refractivity contribution in [3.8, 4) is 0 Å². The summed E-state index contributed by atoms with van der Waals surface area (Å²) in [6.07, 6.45) is 0. The maximum absolute atomic E-state index is 5.29. The SMILES string of the molecule is CC.CN1CC(N2CCOCC2)C1. The van der Waals surface area contributed by atoms with Gasteiger partial charge in [0, 0.05) is 32.2 Å². The van der Waals surface area contributed by atoms with E-state index in [0.29, 0.717) is 0 Å². The summed E-state index contributed by atoms with van der Waals surface area (Å²) in [6.45, 7) is 10.6. The molecule has 2 saturated heterocycles. The number of hydrogen-bond acceptors (Lipinski definition) is 3. The van der Waals surface area contributed by atoms with Crippen molar-refractivity contribution in [1.29, 1.82) is 0 Å². The van der Waals surface area contributed by atoms with Crippen molar-refractivity contribution in [2.24, 2.45) is 0 Å². The molecule has 0 aromatic heterocycles. The molecular weight excluding hydrogens is 164 g/mol. The average Bonchev–Trinajstić information content (AvgIpc) is 2.18. The number of rotatable bonds is 1. The highest BCUT2D eigenvalue weighted by Crippen LogP contribution is 2.13. The van der Waals surface area contributed by atoms with Crippen molar-refractivity contribution in [1.82, 2.24) is 9.80 Å². The predicted octanol–water partition coefficient (Wildman–Crippen LogP) is 0.659. The van der Waals surface area contributed by atoms with Crippen LogP contribution in [0.5, 0.6) is 0 Å². The Morgan fingerprint density at radius 1 is 1.08 bits per heavy atom. The van der Waals surface area contributed by atoms with Crippen LogP contribution in [-0.2, 0) is 4.74 Å². The van der Waals surface area contributed by atoms with E-state index < -0.39 is 0 Å². The third-order valence-electron chi connectivity index (χ3n) is 2.61. The van der Waals surface area contributed by atoms with Gasteiger partial charge in [0.2, 0.25) is 0 Å². The van der Waals surface area contributed by atoms with Gasteiger partial charge in [-0.1, -0.05) is 13.8 Å². The van der Waals surface area contributed by atoms with Gasteiger partial charge in [-0.05, 0) is 7.05 Å². The van der Waals surface area contributed by atoms with E-state index in [1.165, 1.54) is 13.1 Å². The molecular formula is C10H22N2O. The lowest BCUT2D eigenvalue weighted by atomic mass is 10.1. The molecule has 0 aromatic carbocycles. The molecule has 0 unspecified atom stereocenters. The molecule has 2 aliphatic rings. The molecule has 0 saturated carbocycles. The van der Waals surface area contributed by atoms with Crippen LogP contribution >= 0.6 is 0 Å². The summed E-state index contributed by atoms with van der Waals surface area (Å²) >= 11 is 0. The predicted molar refractivity (Wildman–Crippen MR) is 55.0 cm³/mol. The summed E-state index contributed by atoms with van der Waals surface area (Å²) in [6, 6.07) is 0.823. The van der Waals surface area contributed by atoms with Gasteiger partial charge >= 0.3 is 0 Å². The largest absolute Gasteiger partial charge is 0.379 e. The Labute approximate surface area is 81.7 Å². The van der Waals surface area contributed by atoms with Crippen molar-refractivity contribution in [2.45, 2.75) is 19.9 Å². The molecule has 0 atom stereocenters. The monoisotopic (exact) mass is 186 g/mol. The Morgan fingerprint density at radius 3 is 2.08 bits per heavy atom. The maximum atomic E-state index is 5.29. The second kappa shape index (κ2) is 5.58. The third-order valence-corrected chi connectivity index (χ3v) is 2.61. The lowest BCUT2D eigenvalue weighted by Gasteiger charge is -2.44. The topological polar surface area (TPSA) is 15.7 Å². The molecule has 0 spiro atoms. The number of likely N-dealkylation sites (tertiary alicyclic amines) is 1. The van der Waals surface area contributed by atoms with Crippen molar-refractivity contribution in [3.05, 3.63) is 0 Å². The zero-order valence-electron chi connectivity index (χ0n) is 9.12. The fourth-order valence-electron chi connectivity index (χ4n) is 1.84. The van der Waals surface area contributed by atoms with Crippen molar-refractivity contribution in [3.63, 3.8) is 0 Å². The van der Waals surface area contributed by atoms with Crippen LogP contribution in [0, 0.1) is 0 Å². The standard InChI is InChI=1S/C8H16N2O.C2H6/c1-9-6-8(7-9)10-2-4-11-5-3-10;1-2/h8H,2-7H2,1H3;1-2H3. The van der Waals surface area contributed by atoms with Crippen LogP contribution in [0.1, 0.15) is 13.8 Å². The molecule has 0 aromatic rings. The Kier molecular flexibility index (Phi) is 4.70. The number of hydrogen-bond donors (Lipinski definition) is 0. The first-order valence-electron chi connectivity index (χ1n) is 5.36. The summed E-state index contributed by atoms with van der Waals surface area (Å²) in [5.74, 6) is 0. The van der Waals surface area contributed by atoms with Gasteiger partial charge in [0.1, 0.15) is 0 Å². The summed E-state index contributed by atoms with van der Waals surface area (Å²) in [5, 5.41) is 0. The molecule has 0 N–H and O–H groups in total. The highest BCUT2D eigenvalue weighted by Gasteiger charge is 2.29. The molecule has 13 heavy (non-hydrogen) atoms. The average molecular weight is 186 g/mol. The molecule has 2 rings (SSSR count). The molecule has 0 radical (unpaired) electrons. The van der Waals surface area contributed by atoms with Crippen LogP contribution in [0.15, 0.2) is 0 Å². The van der Waals surface area contributed by atoms with Crippen LogP contribution in [0.3, 0.4) is 0 Å². The number of morpholine rings is 1. The van der Waals surface area contributed by atoms with Gasteiger partial charge in [0.05, 0.1) is 13.2 Å². The molecule has 2 fully saturated rings. The van der Waals surface area contributed by atoms with Crippen LogP contribution in [-0.4, -0.2) is 62.3 Å². The highest BCUT2D eigenvalue weighted by molar-refractivity contribution is 4.86. The van der Waals surface area contributed by atoms with Crippen molar-refractivity contribution >= 4 is 0 Å². The van der Waals surface area contributed by atoms with Crippen LogP contribution in [0.2, 0.25) is 0 Å². The van der Waals surface area contributed by atoms with Gasteiger partial charge in [0.25, 0.3) is 0 Å². The second-order valence-corrected chi connectivity index (χ2v) is 3.52. The number of likely N-dealkylation sites (N-methyl/N-ethyl adjacent to an activating group) is 1. The molecule has 0 bridgehead atoms. The minimum Gasteiger partial charge on any atom is -0.379 e. The summed E-state index contributed by atoms with van der Waals surface area (Å²) in [7, 11) is 2.18. The molecule has 78 valence electrons. The van der Waals surface area contributed by atoms with Crippen molar-refractivity contribution in [2.75, 3.05) is 46.4 Å². The van der Waals surface area contributed by atoms with E-state index in [0.717, 1.165) is 32.3 Å². The van der Waals surface area contributed by atoms with E-state index in [-0.39, 0.29) is 0 Å². The zero-order chi connectivity index (χ0) is 9.68. The summed E-state index contributed by atoms with van der Waals surface area (Å²) in [5.41, 5.74) is 0. The normalized spacial score (nSPS) is 26.1. The molecule has 0 aliphatic carbocycles. The first-order valence-corrected chi connectivity index (χ1v) is 5.36. The minimum absolute atomic E-state index is 0.823. The first-order chi connectivity index (χ1) is 6.36. The fraction of sp³-hybridized carbons (Fsp3) is 1.00. The molecule has 3 heteroatoms. The smallest absolute Gasteiger partial charge is 0.0594 e. The Morgan fingerprint density at radius 2 is 1.62 bits per heavy atom. The van der Waals surface area contributed by atoms with E-state index in [4.69, 9.17) is 4.74 Å². The maximum Gasteiger partial charge on any atom is 0.0594 e. The van der Waals surface area contributed by atoms with E-state index in [9.17, 15) is 0 Å². The molecule has 3 nitrogen and oxygen atoms in total. The number of ether oxygens (including phenoxy) is 1. The second-order valence-electron chi connectivity index (χ2n) is 3.52. The van der Waals surface area contributed by atoms with Crippen molar-refractivity contribution < 1.29 is 4.74 Å². The van der Waals surface area contributed by atoms with E-state index >= 15 is 0 Å². The van der Waals surface area contributed by atoms with Gasteiger partial charge in [0.15, 0.2) is 0 Å². The van der Waals surface area contributed by atoms with E-state index in [1.807, 2.05) is 13.8 Å². The van der Waals surface area contributed by atoms with Crippen LogP contribution < -0.4 is 0 Å². The number of nitrogens with zero attached hydrogens (tertiary/aromatic N) is 2. The van der Waals surface area contributed by atoms with Crippen LogP contribution in [0.4, 0.5) is 0 Å². The van der Waals surface area contributed by atoms with Gasteiger partial charge in [-0.25, -0.2) is 0 Å². The van der Waals surface area contributed by atoms with Crippen LogP contribution in [0.25, 0.3) is 0 Å². The lowest BCUT2D eigenvalue weighted by Crippen LogP contribution is -2.59. The molecule has 2 heterocycles. The summed E-state index contributed by atoms with van der Waals surface area (Å²) < 4.78 is 5.29. The van der Waals surface area contributed by atoms with Gasteiger partial charge < -0.3 is 9.64 Å². The quantitative estimate of drug-likeness (QED) is 0.598. The lowest BCUT2D eigenvalue weighted by molar-refractivity contribution is -0.0246. The Balaban J connectivity index is 0.000000396. The molecule has 0 amide bonds. The first kappa shape index (κ1) is 11.0. The third kappa shape index (κ3) is 2.93. The minimum atomic E-state index is 0.823. The van der Waals surface area contributed by atoms with Gasteiger partial charge in [-0.15, -0.1) is 0 Å². The summed E-state index contributed by atoms with van der Waals surface area (Å²) in [4.78, 5) is 4.91. The van der Waals surface area contributed by atoms with Gasteiger partial charge in [-0.3, -0.25) is 4.90 Å².